The number of amides is 2. The summed E-state index contributed by atoms with van der Waals surface area (Å²) in [4.78, 5) is 23.1. The van der Waals surface area contributed by atoms with Crippen molar-refractivity contribution >= 4 is 39.5 Å². The SMILES string of the molecule is COc1ccc(/C=C/C(=O)NO)cc1OCC(=O)Nc1ccc(Br)cc1. The van der Waals surface area contributed by atoms with E-state index in [-0.39, 0.29) is 12.5 Å². The Morgan fingerprint density at radius 1 is 1.15 bits per heavy atom. The van der Waals surface area contributed by atoms with Gasteiger partial charge in [0, 0.05) is 16.2 Å². The highest BCUT2D eigenvalue weighted by Crippen LogP contribution is 2.28. The van der Waals surface area contributed by atoms with Crippen LogP contribution in [0, 0.1) is 0 Å². The molecule has 136 valence electrons. The molecule has 2 aromatic carbocycles. The molecule has 0 bridgehead atoms. The quantitative estimate of drug-likeness (QED) is 0.363. The molecule has 0 aliphatic rings. The summed E-state index contributed by atoms with van der Waals surface area (Å²) in [7, 11) is 1.48. The summed E-state index contributed by atoms with van der Waals surface area (Å²) in [6.45, 7) is -0.212. The number of hydrogen-bond acceptors (Lipinski definition) is 5. The third kappa shape index (κ3) is 5.91. The van der Waals surface area contributed by atoms with Crippen LogP contribution in [0.2, 0.25) is 0 Å². The van der Waals surface area contributed by atoms with Crippen LogP contribution in [0.1, 0.15) is 5.56 Å². The number of methoxy groups -OCH3 is 1. The van der Waals surface area contributed by atoms with Crippen LogP contribution in [0.3, 0.4) is 0 Å². The van der Waals surface area contributed by atoms with Gasteiger partial charge in [0.25, 0.3) is 11.8 Å². The Labute approximate surface area is 158 Å². The number of ether oxygens (including phenoxy) is 2. The van der Waals surface area contributed by atoms with E-state index in [0.717, 1.165) is 10.5 Å². The fourth-order valence-electron chi connectivity index (χ4n) is 1.99. The van der Waals surface area contributed by atoms with Gasteiger partial charge in [0.15, 0.2) is 18.1 Å². The summed E-state index contributed by atoms with van der Waals surface area (Å²) in [6.07, 6.45) is 2.64. The highest BCUT2D eigenvalue weighted by atomic mass is 79.9. The standard InChI is InChI=1S/C18H17BrN2O5/c1-25-15-8-2-12(3-9-17(22)21-24)10-16(15)26-11-18(23)20-14-6-4-13(19)5-7-14/h2-10,24H,11H2,1H3,(H,20,23)(H,21,22)/b9-3+. The van der Waals surface area contributed by atoms with Crippen LogP contribution in [0.5, 0.6) is 11.5 Å². The third-order valence-electron chi connectivity index (χ3n) is 3.21. The zero-order chi connectivity index (χ0) is 18.9. The Hall–Kier alpha value is -2.84. The van der Waals surface area contributed by atoms with Gasteiger partial charge in [-0.05, 0) is 48.0 Å². The monoisotopic (exact) mass is 420 g/mol. The van der Waals surface area contributed by atoms with Crippen LogP contribution in [0.25, 0.3) is 6.08 Å². The minimum atomic E-state index is -0.655. The first-order valence-electron chi connectivity index (χ1n) is 7.50. The Morgan fingerprint density at radius 3 is 2.54 bits per heavy atom. The van der Waals surface area contributed by atoms with Gasteiger partial charge in [0.1, 0.15) is 0 Å². The Kier molecular flexibility index (Phi) is 7.19. The van der Waals surface area contributed by atoms with Gasteiger partial charge >= 0.3 is 0 Å². The minimum Gasteiger partial charge on any atom is -0.493 e. The molecule has 0 radical (unpaired) electrons. The molecule has 0 aliphatic heterocycles. The molecule has 8 heteroatoms. The van der Waals surface area contributed by atoms with Crippen LogP contribution in [0.4, 0.5) is 5.69 Å². The first-order chi connectivity index (χ1) is 12.5. The van der Waals surface area contributed by atoms with E-state index in [4.69, 9.17) is 14.7 Å². The summed E-state index contributed by atoms with van der Waals surface area (Å²) < 4.78 is 11.6. The van der Waals surface area contributed by atoms with Gasteiger partial charge < -0.3 is 14.8 Å². The van der Waals surface area contributed by atoms with Crippen molar-refractivity contribution in [1.82, 2.24) is 5.48 Å². The molecule has 7 nitrogen and oxygen atoms in total. The number of hydrogen-bond donors (Lipinski definition) is 3. The minimum absolute atomic E-state index is 0.212. The Bertz CT molecular complexity index is 806. The van der Waals surface area contributed by atoms with E-state index in [1.165, 1.54) is 18.7 Å². The molecule has 26 heavy (non-hydrogen) atoms. The number of carbonyl (C=O) groups excluding carboxylic acids is 2. The van der Waals surface area contributed by atoms with Crippen molar-refractivity contribution in [3.8, 4) is 11.5 Å². The van der Waals surface area contributed by atoms with Crippen molar-refractivity contribution in [3.63, 3.8) is 0 Å². The average Bonchev–Trinajstić information content (AvgIpc) is 2.66. The van der Waals surface area contributed by atoms with E-state index in [9.17, 15) is 9.59 Å². The molecule has 2 amide bonds. The average molecular weight is 421 g/mol. The molecular formula is C18H17BrN2O5. The summed E-state index contributed by atoms with van der Waals surface area (Å²) in [5, 5.41) is 11.2. The van der Waals surface area contributed by atoms with E-state index in [0.29, 0.717) is 22.7 Å². The van der Waals surface area contributed by atoms with Crippen LogP contribution < -0.4 is 20.3 Å². The van der Waals surface area contributed by atoms with E-state index < -0.39 is 5.91 Å². The van der Waals surface area contributed by atoms with Crippen LogP contribution in [-0.2, 0) is 9.59 Å². The summed E-state index contributed by atoms with van der Waals surface area (Å²) >= 11 is 3.33. The predicted octanol–water partition coefficient (Wildman–Crippen LogP) is 2.99. The van der Waals surface area contributed by atoms with E-state index >= 15 is 0 Å². The number of anilines is 1. The normalized spacial score (nSPS) is 10.4. The van der Waals surface area contributed by atoms with E-state index in [1.54, 1.807) is 30.3 Å². The fourth-order valence-corrected chi connectivity index (χ4v) is 2.26. The molecule has 0 spiro atoms. The maximum absolute atomic E-state index is 12.0. The summed E-state index contributed by atoms with van der Waals surface area (Å²) in [6, 6.07) is 12.1. The molecule has 0 saturated carbocycles. The Morgan fingerprint density at radius 2 is 1.88 bits per heavy atom. The maximum atomic E-state index is 12.0. The highest BCUT2D eigenvalue weighted by Gasteiger charge is 2.09. The largest absolute Gasteiger partial charge is 0.493 e. The second-order valence-electron chi connectivity index (χ2n) is 5.06. The molecular weight excluding hydrogens is 404 g/mol. The number of carbonyl (C=O) groups is 2. The lowest BCUT2D eigenvalue weighted by Gasteiger charge is -2.11. The van der Waals surface area contributed by atoms with Gasteiger partial charge in [0.05, 0.1) is 7.11 Å². The van der Waals surface area contributed by atoms with E-state index in [1.807, 2.05) is 12.1 Å². The Balaban J connectivity index is 2.02. The van der Waals surface area contributed by atoms with Gasteiger partial charge in [-0.3, -0.25) is 14.8 Å². The smallest absolute Gasteiger partial charge is 0.267 e. The molecule has 0 aromatic heterocycles. The van der Waals surface area contributed by atoms with Crippen molar-refractivity contribution < 1.29 is 24.3 Å². The molecule has 0 heterocycles. The van der Waals surface area contributed by atoms with Crippen molar-refractivity contribution in [2.75, 3.05) is 19.0 Å². The second-order valence-corrected chi connectivity index (χ2v) is 5.98. The highest BCUT2D eigenvalue weighted by molar-refractivity contribution is 9.10. The lowest BCUT2D eigenvalue weighted by molar-refractivity contribution is -0.124. The number of benzene rings is 2. The third-order valence-corrected chi connectivity index (χ3v) is 3.74. The van der Waals surface area contributed by atoms with E-state index in [2.05, 4.69) is 21.2 Å². The predicted molar refractivity (Wildman–Crippen MR) is 100 cm³/mol. The van der Waals surface area contributed by atoms with Crippen molar-refractivity contribution in [3.05, 3.63) is 58.6 Å². The topological polar surface area (TPSA) is 96.9 Å². The maximum Gasteiger partial charge on any atom is 0.267 e. The van der Waals surface area contributed by atoms with Gasteiger partial charge in [-0.25, -0.2) is 5.48 Å². The first-order valence-corrected chi connectivity index (χ1v) is 8.29. The first kappa shape index (κ1) is 19.5. The van der Waals surface area contributed by atoms with Crippen molar-refractivity contribution in [2.45, 2.75) is 0 Å². The number of rotatable bonds is 7. The zero-order valence-corrected chi connectivity index (χ0v) is 15.4. The molecule has 0 atom stereocenters. The molecule has 2 aromatic rings. The lowest BCUT2D eigenvalue weighted by atomic mass is 10.2. The van der Waals surface area contributed by atoms with Gasteiger partial charge in [-0.1, -0.05) is 22.0 Å². The number of nitrogens with one attached hydrogen (secondary N) is 2. The molecule has 0 saturated heterocycles. The molecule has 0 fully saturated rings. The lowest BCUT2D eigenvalue weighted by Crippen LogP contribution is -2.20. The van der Waals surface area contributed by atoms with Gasteiger partial charge in [-0.15, -0.1) is 0 Å². The molecule has 3 N–H and O–H groups in total. The molecule has 0 aliphatic carbocycles. The van der Waals surface area contributed by atoms with Gasteiger partial charge in [-0.2, -0.15) is 0 Å². The molecule has 0 unspecified atom stereocenters. The summed E-state index contributed by atoms with van der Waals surface area (Å²) in [5.41, 5.74) is 2.79. The summed E-state index contributed by atoms with van der Waals surface area (Å²) in [5.74, 6) is -0.178. The van der Waals surface area contributed by atoms with Crippen LogP contribution in [-0.4, -0.2) is 30.7 Å². The van der Waals surface area contributed by atoms with Crippen molar-refractivity contribution in [2.24, 2.45) is 0 Å². The number of hydroxylamine groups is 1. The molecule has 2 rings (SSSR count). The fraction of sp³-hybridized carbons (Fsp3) is 0.111. The van der Waals surface area contributed by atoms with Gasteiger partial charge in [0.2, 0.25) is 0 Å². The van der Waals surface area contributed by atoms with Crippen molar-refractivity contribution in [1.29, 1.82) is 0 Å². The van der Waals surface area contributed by atoms with Crippen LogP contribution >= 0.6 is 15.9 Å². The second kappa shape index (κ2) is 9.59. The zero-order valence-electron chi connectivity index (χ0n) is 13.9. The van der Waals surface area contributed by atoms with Crippen LogP contribution in [0.15, 0.2) is 53.0 Å². The number of halogens is 1.